The SMILES string of the molecule is CC(C)CC(NC(=O)[C@H]1O[C@@H]1C(=O)O)[C@@H](O)c1ccccc1. The molecule has 0 aromatic heterocycles. The molecular formula is C16H21NO5. The van der Waals surface area contributed by atoms with E-state index in [2.05, 4.69) is 5.32 Å². The molecule has 0 bridgehead atoms. The van der Waals surface area contributed by atoms with Gasteiger partial charge < -0.3 is 20.3 Å². The molecule has 6 nitrogen and oxygen atoms in total. The third kappa shape index (κ3) is 4.05. The van der Waals surface area contributed by atoms with Gasteiger partial charge in [-0.25, -0.2) is 4.79 Å². The number of benzene rings is 1. The zero-order chi connectivity index (χ0) is 16.3. The summed E-state index contributed by atoms with van der Waals surface area (Å²) < 4.78 is 4.84. The van der Waals surface area contributed by atoms with E-state index in [-0.39, 0.29) is 5.92 Å². The summed E-state index contributed by atoms with van der Waals surface area (Å²) in [7, 11) is 0. The van der Waals surface area contributed by atoms with Gasteiger partial charge >= 0.3 is 5.97 Å². The first kappa shape index (κ1) is 16.5. The lowest BCUT2D eigenvalue weighted by Crippen LogP contribution is -2.43. The first-order valence-electron chi connectivity index (χ1n) is 7.31. The third-order valence-electron chi connectivity index (χ3n) is 3.57. The van der Waals surface area contributed by atoms with Gasteiger partial charge in [0.05, 0.1) is 12.1 Å². The Morgan fingerprint density at radius 3 is 2.36 bits per heavy atom. The lowest BCUT2D eigenvalue weighted by Gasteiger charge is -2.26. The number of nitrogens with one attached hydrogen (secondary N) is 1. The van der Waals surface area contributed by atoms with E-state index in [1.54, 1.807) is 12.1 Å². The maximum absolute atomic E-state index is 12.0. The molecule has 120 valence electrons. The molecular weight excluding hydrogens is 286 g/mol. The molecule has 6 heteroatoms. The van der Waals surface area contributed by atoms with Crippen LogP contribution in [0.2, 0.25) is 0 Å². The predicted molar refractivity (Wildman–Crippen MR) is 79.1 cm³/mol. The zero-order valence-electron chi connectivity index (χ0n) is 12.6. The minimum absolute atomic E-state index is 0.263. The number of carboxylic acid groups (broad SMARTS) is 1. The van der Waals surface area contributed by atoms with E-state index in [0.717, 1.165) is 0 Å². The number of aliphatic hydroxyl groups is 1. The summed E-state index contributed by atoms with van der Waals surface area (Å²) in [5.74, 6) is -1.38. The molecule has 22 heavy (non-hydrogen) atoms. The van der Waals surface area contributed by atoms with E-state index >= 15 is 0 Å². The number of carbonyl (C=O) groups excluding carboxylic acids is 1. The minimum atomic E-state index is -1.15. The largest absolute Gasteiger partial charge is 0.479 e. The van der Waals surface area contributed by atoms with Gasteiger partial charge in [0.1, 0.15) is 0 Å². The Bertz CT molecular complexity index is 531. The van der Waals surface area contributed by atoms with Crippen LogP contribution in [0, 0.1) is 5.92 Å². The number of hydrogen-bond acceptors (Lipinski definition) is 4. The Hall–Kier alpha value is -1.92. The molecule has 0 aliphatic carbocycles. The molecule has 1 fully saturated rings. The molecule has 4 atom stereocenters. The molecule has 1 aromatic carbocycles. The molecule has 1 amide bonds. The van der Waals surface area contributed by atoms with Crippen molar-refractivity contribution in [2.45, 2.75) is 44.6 Å². The van der Waals surface area contributed by atoms with Gasteiger partial charge in [-0.15, -0.1) is 0 Å². The van der Waals surface area contributed by atoms with Crippen LogP contribution in [0.5, 0.6) is 0 Å². The van der Waals surface area contributed by atoms with Crippen molar-refractivity contribution < 1.29 is 24.5 Å². The van der Waals surface area contributed by atoms with Crippen LogP contribution < -0.4 is 5.32 Å². The van der Waals surface area contributed by atoms with Crippen molar-refractivity contribution in [2.75, 3.05) is 0 Å². The van der Waals surface area contributed by atoms with E-state index in [1.165, 1.54) is 0 Å². The highest BCUT2D eigenvalue weighted by molar-refractivity contribution is 5.92. The average molecular weight is 307 g/mol. The van der Waals surface area contributed by atoms with Crippen LogP contribution in [0.3, 0.4) is 0 Å². The molecule has 0 spiro atoms. The summed E-state index contributed by atoms with van der Waals surface area (Å²) in [6.07, 6.45) is -2.31. The number of epoxide rings is 1. The molecule has 0 saturated carbocycles. The highest BCUT2D eigenvalue weighted by Gasteiger charge is 2.51. The Kier molecular flexibility index (Phi) is 5.15. The molecule has 1 heterocycles. The number of hydrogen-bond donors (Lipinski definition) is 3. The Balaban J connectivity index is 2.03. The summed E-state index contributed by atoms with van der Waals surface area (Å²) in [5, 5.41) is 22.0. The van der Waals surface area contributed by atoms with Gasteiger partial charge in [0.25, 0.3) is 5.91 Å². The third-order valence-corrected chi connectivity index (χ3v) is 3.57. The van der Waals surface area contributed by atoms with Crippen molar-refractivity contribution in [3.8, 4) is 0 Å². The van der Waals surface area contributed by atoms with E-state index in [9.17, 15) is 14.7 Å². The van der Waals surface area contributed by atoms with E-state index in [4.69, 9.17) is 9.84 Å². The molecule has 0 radical (unpaired) electrons. The monoisotopic (exact) mass is 307 g/mol. The first-order chi connectivity index (χ1) is 10.4. The van der Waals surface area contributed by atoms with Gasteiger partial charge in [0.2, 0.25) is 0 Å². The summed E-state index contributed by atoms with van der Waals surface area (Å²) in [6.45, 7) is 3.98. The van der Waals surface area contributed by atoms with Gasteiger partial charge in [0.15, 0.2) is 12.2 Å². The van der Waals surface area contributed by atoms with E-state index in [1.807, 2.05) is 32.0 Å². The summed E-state index contributed by atoms with van der Waals surface area (Å²) in [4.78, 5) is 22.8. The second-order valence-electron chi connectivity index (χ2n) is 5.92. The maximum atomic E-state index is 12.0. The van der Waals surface area contributed by atoms with Crippen LogP contribution >= 0.6 is 0 Å². The fourth-order valence-electron chi connectivity index (χ4n) is 2.42. The van der Waals surface area contributed by atoms with Crippen LogP contribution in [-0.4, -0.2) is 40.3 Å². The van der Waals surface area contributed by atoms with Crippen molar-refractivity contribution >= 4 is 11.9 Å². The topological polar surface area (TPSA) is 99.2 Å². The van der Waals surface area contributed by atoms with E-state index in [0.29, 0.717) is 12.0 Å². The van der Waals surface area contributed by atoms with Crippen molar-refractivity contribution in [3.63, 3.8) is 0 Å². The first-order valence-corrected chi connectivity index (χ1v) is 7.31. The number of ether oxygens (including phenoxy) is 1. The highest BCUT2D eigenvalue weighted by Crippen LogP contribution is 2.25. The number of rotatable bonds is 7. The standard InChI is InChI=1S/C16H21NO5/c1-9(2)8-11(12(18)10-6-4-3-5-7-10)17-15(19)13-14(22-13)16(20)21/h3-7,9,11-14,18H,8H2,1-2H3,(H,17,19)(H,20,21)/t11?,12-,13-,14-/m0/s1. The van der Waals surface area contributed by atoms with Gasteiger partial charge in [0, 0.05) is 0 Å². The molecule has 2 rings (SSSR count). The number of amides is 1. The average Bonchev–Trinajstić information content (AvgIpc) is 3.27. The predicted octanol–water partition coefficient (Wildman–Crippen LogP) is 1.10. The van der Waals surface area contributed by atoms with Crippen LogP contribution in [-0.2, 0) is 14.3 Å². The molecule has 3 N–H and O–H groups in total. The number of aliphatic hydroxyl groups excluding tert-OH is 1. The lowest BCUT2D eigenvalue weighted by atomic mass is 9.94. The van der Waals surface area contributed by atoms with Crippen molar-refractivity contribution in [3.05, 3.63) is 35.9 Å². The Morgan fingerprint density at radius 1 is 1.23 bits per heavy atom. The second kappa shape index (κ2) is 6.89. The van der Waals surface area contributed by atoms with Crippen molar-refractivity contribution in [2.24, 2.45) is 5.92 Å². The number of carbonyl (C=O) groups is 2. The summed E-state index contributed by atoms with van der Waals surface area (Å²) in [5.41, 5.74) is 0.708. The molecule has 1 unspecified atom stereocenters. The van der Waals surface area contributed by atoms with Gasteiger partial charge in [-0.05, 0) is 17.9 Å². The second-order valence-corrected chi connectivity index (χ2v) is 5.92. The normalized spacial score (nSPS) is 22.9. The van der Waals surface area contributed by atoms with Gasteiger partial charge in [-0.2, -0.15) is 0 Å². The van der Waals surface area contributed by atoms with Gasteiger partial charge in [-0.3, -0.25) is 4.79 Å². The minimum Gasteiger partial charge on any atom is -0.479 e. The van der Waals surface area contributed by atoms with Gasteiger partial charge in [-0.1, -0.05) is 44.2 Å². The lowest BCUT2D eigenvalue weighted by molar-refractivity contribution is -0.138. The zero-order valence-corrected chi connectivity index (χ0v) is 12.6. The van der Waals surface area contributed by atoms with Crippen LogP contribution in [0.15, 0.2) is 30.3 Å². The molecule has 1 aliphatic rings. The van der Waals surface area contributed by atoms with Crippen LogP contribution in [0.4, 0.5) is 0 Å². The smallest absolute Gasteiger partial charge is 0.336 e. The van der Waals surface area contributed by atoms with Crippen molar-refractivity contribution in [1.82, 2.24) is 5.32 Å². The molecule has 1 saturated heterocycles. The van der Waals surface area contributed by atoms with Crippen LogP contribution in [0.25, 0.3) is 0 Å². The fraction of sp³-hybridized carbons (Fsp3) is 0.500. The molecule has 1 aromatic rings. The quantitative estimate of drug-likeness (QED) is 0.655. The van der Waals surface area contributed by atoms with Crippen molar-refractivity contribution in [1.29, 1.82) is 0 Å². The number of carboxylic acids is 1. The fourth-order valence-corrected chi connectivity index (χ4v) is 2.42. The summed E-state index contributed by atoms with van der Waals surface area (Å²) in [6, 6.07) is 8.57. The molecule has 1 aliphatic heterocycles. The Labute approximate surface area is 129 Å². The Morgan fingerprint density at radius 2 is 1.86 bits per heavy atom. The van der Waals surface area contributed by atoms with Crippen LogP contribution in [0.1, 0.15) is 31.9 Å². The maximum Gasteiger partial charge on any atom is 0.336 e. The van der Waals surface area contributed by atoms with E-state index < -0.39 is 36.2 Å². The summed E-state index contributed by atoms with van der Waals surface area (Å²) >= 11 is 0. The highest BCUT2D eigenvalue weighted by atomic mass is 16.6. The number of aliphatic carboxylic acids is 1.